The third kappa shape index (κ3) is 4.13. The van der Waals surface area contributed by atoms with Crippen molar-refractivity contribution < 1.29 is 9.53 Å². The number of aryl methyl sites for hydroxylation is 1. The van der Waals surface area contributed by atoms with E-state index in [1.165, 1.54) is 4.68 Å². The van der Waals surface area contributed by atoms with Gasteiger partial charge in [-0.1, -0.05) is 25.1 Å². The highest BCUT2D eigenvalue weighted by atomic mass is 16.5. The first-order valence-electron chi connectivity index (χ1n) is 9.57. The molecular weight excluding hydrogens is 344 g/mol. The number of carbonyl (C=O) groups is 1. The lowest BCUT2D eigenvalue weighted by molar-refractivity contribution is -0.143. The molecule has 3 rings (SSSR count). The molecule has 0 N–H and O–H groups in total. The number of para-hydroxylation sites is 1. The standard InChI is InChI=1S/C20H28N4O3/c1-4-17(27-3)19(25)23-12-10-15(11-13-23)14-18-21-22(2)20(26)24(18)16-8-6-5-7-9-16/h5-9,15,17H,4,10-14H2,1-3H3/t17-/m0/s1. The van der Waals surface area contributed by atoms with Crippen molar-refractivity contribution in [3.8, 4) is 5.69 Å². The SMILES string of the molecule is CC[C@H](OC)C(=O)N1CCC(Cc2nn(C)c(=O)n2-c2ccccc2)CC1. The molecule has 1 aliphatic rings. The smallest absolute Gasteiger partial charge is 0.350 e. The molecule has 2 heterocycles. The van der Waals surface area contributed by atoms with Crippen molar-refractivity contribution in [2.24, 2.45) is 13.0 Å². The summed E-state index contributed by atoms with van der Waals surface area (Å²) in [6, 6.07) is 9.61. The van der Waals surface area contributed by atoms with Crippen LogP contribution in [0.15, 0.2) is 35.1 Å². The van der Waals surface area contributed by atoms with Crippen molar-refractivity contribution in [3.05, 3.63) is 46.6 Å². The molecule has 2 aromatic rings. The zero-order valence-corrected chi connectivity index (χ0v) is 16.3. The Balaban J connectivity index is 1.69. The number of likely N-dealkylation sites (tertiary alicyclic amines) is 1. The van der Waals surface area contributed by atoms with Gasteiger partial charge in [-0.3, -0.25) is 4.79 Å². The second-order valence-corrected chi connectivity index (χ2v) is 7.10. The second-order valence-electron chi connectivity index (χ2n) is 7.10. The van der Waals surface area contributed by atoms with E-state index < -0.39 is 0 Å². The van der Waals surface area contributed by atoms with Gasteiger partial charge >= 0.3 is 5.69 Å². The third-order valence-electron chi connectivity index (χ3n) is 5.33. The molecule has 27 heavy (non-hydrogen) atoms. The number of ether oxygens (including phenoxy) is 1. The van der Waals surface area contributed by atoms with E-state index in [0.717, 1.165) is 43.9 Å². The molecule has 1 aromatic carbocycles. The zero-order chi connectivity index (χ0) is 19.4. The van der Waals surface area contributed by atoms with Gasteiger partial charge in [0.25, 0.3) is 5.91 Å². The molecule has 0 saturated carbocycles. The van der Waals surface area contributed by atoms with Crippen LogP contribution < -0.4 is 5.69 Å². The Kier molecular flexibility index (Phi) is 6.11. The first kappa shape index (κ1) is 19.4. The maximum absolute atomic E-state index is 12.5. The molecule has 1 atom stereocenters. The van der Waals surface area contributed by atoms with Crippen LogP contribution in [0, 0.1) is 5.92 Å². The van der Waals surface area contributed by atoms with E-state index in [1.54, 1.807) is 18.7 Å². The van der Waals surface area contributed by atoms with Crippen LogP contribution in [0.3, 0.4) is 0 Å². The van der Waals surface area contributed by atoms with Gasteiger partial charge in [0.2, 0.25) is 0 Å². The van der Waals surface area contributed by atoms with Crippen LogP contribution in [0.1, 0.15) is 32.0 Å². The molecule has 1 fully saturated rings. The quantitative estimate of drug-likeness (QED) is 0.775. The van der Waals surface area contributed by atoms with Crippen LogP contribution in [0.2, 0.25) is 0 Å². The summed E-state index contributed by atoms with van der Waals surface area (Å²) >= 11 is 0. The molecule has 0 unspecified atom stereocenters. The summed E-state index contributed by atoms with van der Waals surface area (Å²) in [5, 5.41) is 4.46. The Labute approximate surface area is 159 Å². The lowest BCUT2D eigenvalue weighted by Crippen LogP contribution is -2.44. The molecule has 0 bridgehead atoms. The maximum Gasteiger partial charge on any atom is 0.350 e. The second kappa shape index (κ2) is 8.52. The third-order valence-corrected chi connectivity index (χ3v) is 5.33. The summed E-state index contributed by atoms with van der Waals surface area (Å²) in [4.78, 5) is 26.9. The van der Waals surface area contributed by atoms with Gasteiger partial charge in [-0.05, 0) is 37.3 Å². The lowest BCUT2D eigenvalue weighted by Gasteiger charge is -2.33. The summed E-state index contributed by atoms with van der Waals surface area (Å²) < 4.78 is 8.36. The predicted molar refractivity (Wildman–Crippen MR) is 103 cm³/mol. The molecule has 1 aromatic heterocycles. The Bertz CT molecular complexity index is 815. The van der Waals surface area contributed by atoms with Crippen molar-refractivity contribution in [1.82, 2.24) is 19.2 Å². The van der Waals surface area contributed by atoms with E-state index in [2.05, 4.69) is 5.10 Å². The van der Waals surface area contributed by atoms with E-state index in [1.807, 2.05) is 42.2 Å². The van der Waals surface area contributed by atoms with Crippen molar-refractivity contribution in [2.45, 2.75) is 38.7 Å². The number of hydrogen-bond acceptors (Lipinski definition) is 4. The van der Waals surface area contributed by atoms with E-state index in [9.17, 15) is 9.59 Å². The number of aromatic nitrogens is 3. The number of rotatable bonds is 6. The average molecular weight is 372 g/mol. The van der Waals surface area contributed by atoms with Crippen LogP contribution in [-0.2, 0) is 23.0 Å². The van der Waals surface area contributed by atoms with Gasteiger partial charge in [-0.2, -0.15) is 5.10 Å². The number of methoxy groups -OCH3 is 1. The van der Waals surface area contributed by atoms with Crippen LogP contribution in [0.25, 0.3) is 5.69 Å². The summed E-state index contributed by atoms with van der Waals surface area (Å²) in [6.45, 7) is 3.42. The van der Waals surface area contributed by atoms with E-state index in [4.69, 9.17) is 4.74 Å². The van der Waals surface area contributed by atoms with Gasteiger partial charge in [-0.25, -0.2) is 14.0 Å². The maximum atomic E-state index is 12.5. The lowest BCUT2D eigenvalue weighted by atomic mass is 9.93. The number of amides is 1. The van der Waals surface area contributed by atoms with Gasteiger partial charge in [0.05, 0.1) is 5.69 Å². The highest BCUT2D eigenvalue weighted by Crippen LogP contribution is 2.22. The minimum absolute atomic E-state index is 0.0810. The molecule has 1 saturated heterocycles. The van der Waals surface area contributed by atoms with Gasteiger partial charge < -0.3 is 9.64 Å². The molecule has 7 nitrogen and oxygen atoms in total. The summed E-state index contributed by atoms with van der Waals surface area (Å²) in [5.41, 5.74) is 0.707. The molecule has 7 heteroatoms. The van der Waals surface area contributed by atoms with Crippen molar-refractivity contribution in [2.75, 3.05) is 20.2 Å². The van der Waals surface area contributed by atoms with Gasteiger partial charge in [0.15, 0.2) is 0 Å². The normalized spacial score (nSPS) is 16.5. The highest BCUT2D eigenvalue weighted by Gasteiger charge is 2.28. The highest BCUT2D eigenvalue weighted by molar-refractivity contribution is 5.80. The number of nitrogens with zero attached hydrogens (tertiary/aromatic N) is 4. The monoisotopic (exact) mass is 372 g/mol. The Morgan fingerprint density at radius 3 is 2.52 bits per heavy atom. The number of hydrogen-bond donors (Lipinski definition) is 0. The first-order chi connectivity index (χ1) is 13.0. The van der Waals surface area contributed by atoms with Gasteiger partial charge in [0.1, 0.15) is 11.9 Å². The van der Waals surface area contributed by atoms with Gasteiger partial charge in [0, 0.05) is 33.7 Å². The van der Waals surface area contributed by atoms with E-state index in [-0.39, 0.29) is 17.7 Å². The first-order valence-corrected chi connectivity index (χ1v) is 9.57. The topological polar surface area (TPSA) is 69.4 Å². The fraction of sp³-hybridized carbons (Fsp3) is 0.550. The molecule has 0 spiro atoms. The fourth-order valence-corrected chi connectivity index (χ4v) is 3.75. The van der Waals surface area contributed by atoms with Crippen LogP contribution >= 0.6 is 0 Å². The van der Waals surface area contributed by atoms with Crippen molar-refractivity contribution >= 4 is 5.91 Å². The molecule has 146 valence electrons. The Morgan fingerprint density at radius 1 is 1.26 bits per heavy atom. The summed E-state index contributed by atoms with van der Waals surface area (Å²) in [7, 11) is 3.27. The van der Waals surface area contributed by atoms with E-state index in [0.29, 0.717) is 12.3 Å². The Hall–Kier alpha value is -2.41. The molecular formula is C20H28N4O3. The van der Waals surface area contributed by atoms with Crippen LogP contribution in [0.4, 0.5) is 0 Å². The molecule has 1 amide bonds. The summed E-state index contributed by atoms with van der Waals surface area (Å²) in [6.07, 6.45) is 2.89. The molecule has 1 aliphatic heterocycles. The molecule has 0 radical (unpaired) electrons. The number of piperidine rings is 1. The minimum atomic E-state index is -0.347. The largest absolute Gasteiger partial charge is 0.372 e. The Morgan fingerprint density at radius 2 is 1.93 bits per heavy atom. The zero-order valence-electron chi connectivity index (χ0n) is 16.3. The summed E-state index contributed by atoms with van der Waals surface area (Å²) in [5.74, 6) is 1.26. The average Bonchev–Trinajstić information content (AvgIpc) is 2.97. The van der Waals surface area contributed by atoms with Gasteiger partial charge in [-0.15, -0.1) is 0 Å². The molecule has 0 aliphatic carbocycles. The van der Waals surface area contributed by atoms with Crippen LogP contribution in [-0.4, -0.2) is 51.5 Å². The fourth-order valence-electron chi connectivity index (χ4n) is 3.75. The number of carbonyl (C=O) groups excluding carboxylic acids is 1. The van der Waals surface area contributed by atoms with Crippen molar-refractivity contribution in [3.63, 3.8) is 0 Å². The number of benzene rings is 1. The minimum Gasteiger partial charge on any atom is -0.372 e. The van der Waals surface area contributed by atoms with Crippen molar-refractivity contribution in [1.29, 1.82) is 0 Å². The van der Waals surface area contributed by atoms with E-state index >= 15 is 0 Å². The van der Waals surface area contributed by atoms with Crippen LogP contribution in [0.5, 0.6) is 0 Å². The predicted octanol–water partition coefficient (Wildman–Crippen LogP) is 1.78.